The molecule has 0 saturated heterocycles. The highest BCUT2D eigenvalue weighted by molar-refractivity contribution is 6.07. The van der Waals surface area contributed by atoms with E-state index >= 15 is 0 Å². The van der Waals surface area contributed by atoms with E-state index in [-0.39, 0.29) is 0 Å². The lowest BCUT2D eigenvalue weighted by atomic mass is 9.97. The molecular formula is C45H29NO. The standard InChI is InChI=1S/C45H29NO/c1-3-9-29(10-4-1)33-21-23-38-39-24-22-34(28-44(39)47-43(38)27-33)31-17-15-30(16-18-31)32-19-20-35-26-41-37-13-7-8-14-42(37)46(45(41)40(35)25-32)36-11-5-2-6-12-36/h1-25,27-28H,26H2. The highest BCUT2D eigenvalue weighted by atomic mass is 16.3. The highest BCUT2D eigenvalue weighted by Gasteiger charge is 2.27. The van der Waals surface area contributed by atoms with Crippen LogP contribution in [0.1, 0.15) is 11.1 Å². The molecule has 0 amide bonds. The zero-order valence-corrected chi connectivity index (χ0v) is 25.7. The summed E-state index contributed by atoms with van der Waals surface area (Å²) in [5.74, 6) is 0. The number of para-hydroxylation sites is 2. The van der Waals surface area contributed by atoms with Gasteiger partial charge in [0.15, 0.2) is 0 Å². The Morgan fingerprint density at radius 3 is 1.64 bits per heavy atom. The first kappa shape index (κ1) is 26.1. The molecule has 2 heterocycles. The van der Waals surface area contributed by atoms with Crippen LogP contribution >= 0.6 is 0 Å². The third kappa shape index (κ3) is 4.12. The largest absolute Gasteiger partial charge is 0.456 e. The fourth-order valence-electron chi connectivity index (χ4n) is 7.56. The van der Waals surface area contributed by atoms with E-state index in [2.05, 4.69) is 162 Å². The zero-order chi connectivity index (χ0) is 30.9. The summed E-state index contributed by atoms with van der Waals surface area (Å²) in [6.07, 6.45) is 0.960. The van der Waals surface area contributed by atoms with E-state index in [9.17, 15) is 0 Å². The van der Waals surface area contributed by atoms with Gasteiger partial charge >= 0.3 is 0 Å². The van der Waals surface area contributed by atoms with E-state index in [0.29, 0.717) is 0 Å². The maximum Gasteiger partial charge on any atom is 0.136 e. The van der Waals surface area contributed by atoms with Crippen LogP contribution in [0.25, 0.3) is 83.2 Å². The Bertz CT molecular complexity index is 2620. The van der Waals surface area contributed by atoms with Gasteiger partial charge in [0.25, 0.3) is 0 Å². The topological polar surface area (TPSA) is 18.1 Å². The third-order valence-corrected chi connectivity index (χ3v) is 9.86. The fourth-order valence-corrected chi connectivity index (χ4v) is 7.56. The molecule has 0 unspecified atom stereocenters. The normalized spacial score (nSPS) is 12.2. The lowest BCUT2D eigenvalue weighted by Crippen LogP contribution is -1.96. The van der Waals surface area contributed by atoms with Crippen LogP contribution in [-0.2, 0) is 6.42 Å². The van der Waals surface area contributed by atoms with Gasteiger partial charge in [-0.2, -0.15) is 0 Å². The first-order valence-corrected chi connectivity index (χ1v) is 16.2. The minimum absolute atomic E-state index is 0.912. The van der Waals surface area contributed by atoms with Gasteiger partial charge in [-0.05, 0) is 93.0 Å². The molecule has 0 bridgehead atoms. The summed E-state index contributed by atoms with van der Waals surface area (Å²) in [5.41, 5.74) is 16.9. The van der Waals surface area contributed by atoms with Crippen molar-refractivity contribution in [3.8, 4) is 50.3 Å². The molecule has 1 aliphatic rings. The van der Waals surface area contributed by atoms with Crippen LogP contribution in [0.2, 0.25) is 0 Å². The molecule has 0 atom stereocenters. The van der Waals surface area contributed by atoms with Crippen LogP contribution in [-0.4, -0.2) is 4.57 Å². The van der Waals surface area contributed by atoms with Crippen LogP contribution in [0.15, 0.2) is 168 Å². The van der Waals surface area contributed by atoms with Crippen molar-refractivity contribution < 1.29 is 4.42 Å². The molecule has 0 spiro atoms. The van der Waals surface area contributed by atoms with E-state index < -0.39 is 0 Å². The average Bonchev–Trinajstić information content (AvgIpc) is 3.80. The molecule has 2 heteroatoms. The summed E-state index contributed by atoms with van der Waals surface area (Å²) in [7, 11) is 0. The van der Waals surface area contributed by atoms with Crippen molar-refractivity contribution in [2.45, 2.75) is 6.42 Å². The van der Waals surface area contributed by atoms with Crippen molar-refractivity contribution in [2.75, 3.05) is 0 Å². The number of furan rings is 1. The average molecular weight is 600 g/mol. The van der Waals surface area contributed by atoms with Gasteiger partial charge in [-0.15, -0.1) is 0 Å². The molecule has 0 fully saturated rings. The van der Waals surface area contributed by atoms with Gasteiger partial charge in [-0.3, -0.25) is 0 Å². The van der Waals surface area contributed by atoms with Gasteiger partial charge in [0.1, 0.15) is 11.2 Å². The number of hydrogen-bond acceptors (Lipinski definition) is 1. The maximum absolute atomic E-state index is 6.40. The Hall–Kier alpha value is -6.12. The number of rotatable bonds is 4. The van der Waals surface area contributed by atoms with Gasteiger partial charge in [-0.25, -0.2) is 0 Å². The predicted molar refractivity (Wildman–Crippen MR) is 195 cm³/mol. The van der Waals surface area contributed by atoms with Crippen molar-refractivity contribution in [2.24, 2.45) is 0 Å². The lowest BCUT2D eigenvalue weighted by molar-refractivity contribution is 0.669. The molecule has 10 rings (SSSR count). The molecule has 0 N–H and O–H groups in total. The summed E-state index contributed by atoms with van der Waals surface area (Å²) in [6, 6.07) is 59.0. The Kier molecular flexibility index (Phi) is 5.67. The maximum atomic E-state index is 6.40. The Labute approximate surface area is 272 Å². The molecular weight excluding hydrogens is 571 g/mol. The molecule has 1 aliphatic carbocycles. The van der Waals surface area contributed by atoms with Crippen LogP contribution in [0.3, 0.4) is 0 Å². The van der Waals surface area contributed by atoms with Crippen molar-refractivity contribution in [3.63, 3.8) is 0 Å². The summed E-state index contributed by atoms with van der Waals surface area (Å²) in [6.45, 7) is 0. The third-order valence-electron chi connectivity index (χ3n) is 9.86. The monoisotopic (exact) mass is 599 g/mol. The predicted octanol–water partition coefficient (Wildman–Crippen LogP) is 12.1. The van der Waals surface area contributed by atoms with E-state index in [1.54, 1.807) is 0 Å². The molecule has 220 valence electrons. The smallest absolute Gasteiger partial charge is 0.136 e. The van der Waals surface area contributed by atoms with Gasteiger partial charge in [0.2, 0.25) is 0 Å². The van der Waals surface area contributed by atoms with E-state index in [1.165, 1.54) is 61.2 Å². The number of nitrogens with zero attached hydrogens (tertiary/aromatic N) is 1. The van der Waals surface area contributed by atoms with Crippen molar-refractivity contribution >= 4 is 32.8 Å². The van der Waals surface area contributed by atoms with Gasteiger partial charge < -0.3 is 8.98 Å². The summed E-state index contributed by atoms with van der Waals surface area (Å²) < 4.78 is 8.85. The van der Waals surface area contributed by atoms with Crippen LogP contribution < -0.4 is 0 Å². The zero-order valence-electron chi connectivity index (χ0n) is 25.7. The minimum Gasteiger partial charge on any atom is -0.456 e. The molecule has 47 heavy (non-hydrogen) atoms. The Morgan fingerprint density at radius 2 is 0.957 bits per heavy atom. The number of hydrogen-bond donors (Lipinski definition) is 0. The van der Waals surface area contributed by atoms with E-state index in [0.717, 1.165) is 39.5 Å². The second-order valence-corrected chi connectivity index (χ2v) is 12.5. The second kappa shape index (κ2) is 10.2. The lowest BCUT2D eigenvalue weighted by Gasteiger charge is -2.13. The van der Waals surface area contributed by atoms with Gasteiger partial charge in [0, 0.05) is 33.8 Å². The van der Waals surface area contributed by atoms with Crippen LogP contribution in [0.5, 0.6) is 0 Å². The van der Waals surface area contributed by atoms with Crippen LogP contribution in [0, 0.1) is 0 Å². The highest BCUT2D eigenvalue weighted by Crippen LogP contribution is 2.45. The molecule has 9 aromatic rings. The molecule has 0 radical (unpaired) electrons. The molecule has 2 aromatic heterocycles. The first-order valence-electron chi connectivity index (χ1n) is 16.2. The fraction of sp³-hybridized carbons (Fsp3) is 0.0222. The van der Waals surface area contributed by atoms with E-state index in [4.69, 9.17) is 4.42 Å². The number of aromatic nitrogens is 1. The van der Waals surface area contributed by atoms with Crippen molar-refractivity contribution in [1.82, 2.24) is 4.57 Å². The van der Waals surface area contributed by atoms with Crippen molar-refractivity contribution in [1.29, 1.82) is 0 Å². The van der Waals surface area contributed by atoms with Crippen LogP contribution in [0.4, 0.5) is 0 Å². The van der Waals surface area contributed by atoms with Gasteiger partial charge in [-0.1, -0.05) is 115 Å². The second-order valence-electron chi connectivity index (χ2n) is 12.5. The summed E-state index contributed by atoms with van der Waals surface area (Å²) in [5, 5.41) is 3.63. The first-order chi connectivity index (χ1) is 23.3. The summed E-state index contributed by atoms with van der Waals surface area (Å²) in [4.78, 5) is 0. The Morgan fingerprint density at radius 1 is 0.426 bits per heavy atom. The SMILES string of the molecule is c1ccc(-c2ccc3c(c2)oc2cc(-c4ccc(-c5ccc6c(c5)-c5c(c7ccccc7n5-c5ccccc5)C6)cc4)ccc23)cc1. The molecule has 0 saturated carbocycles. The number of benzene rings is 7. The number of fused-ring (bicyclic) bond motifs is 8. The minimum atomic E-state index is 0.912. The molecule has 7 aromatic carbocycles. The van der Waals surface area contributed by atoms with Gasteiger partial charge in [0.05, 0.1) is 11.2 Å². The summed E-state index contributed by atoms with van der Waals surface area (Å²) >= 11 is 0. The Balaban J connectivity index is 1.01. The molecule has 2 nitrogen and oxygen atoms in total. The molecule has 0 aliphatic heterocycles. The van der Waals surface area contributed by atoms with Crippen molar-refractivity contribution in [3.05, 3.63) is 175 Å². The van der Waals surface area contributed by atoms with E-state index in [1.807, 2.05) is 6.07 Å². The quantitative estimate of drug-likeness (QED) is 0.197.